The number of halogens is 1. The first kappa shape index (κ1) is 16.3. The lowest BCUT2D eigenvalue weighted by Crippen LogP contribution is -2.24. The molecular weight excluding hydrogens is 337 g/mol. The largest absolute Gasteiger partial charge is 0.477 e. The zero-order valence-corrected chi connectivity index (χ0v) is 14.0. The van der Waals surface area contributed by atoms with Gasteiger partial charge in [-0.1, -0.05) is 0 Å². The van der Waals surface area contributed by atoms with Crippen LogP contribution in [0.2, 0.25) is 0 Å². The van der Waals surface area contributed by atoms with E-state index in [1.54, 1.807) is 19.1 Å². The van der Waals surface area contributed by atoms with Crippen molar-refractivity contribution in [2.45, 2.75) is 25.7 Å². The van der Waals surface area contributed by atoms with E-state index in [0.717, 1.165) is 29.0 Å². The van der Waals surface area contributed by atoms with Gasteiger partial charge in [0.05, 0.1) is 5.52 Å². The number of carbonyl (C=O) groups is 1. The van der Waals surface area contributed by atoms with Gasteiger partial charge in [-0.15, -0.1) is 0 Å². The smallest absolute Gasteiger partial charge is 0.341 e. The summed E-state index contributed by atoms with van der Waals surface area (Å²) in [6.07, 6.45) is 4.39. The van der Waals surface area contributed by atoms with Crippen LogP contribution in [-0.2, 0) is 0 Å². The molecule has 0 amide bonds. The average Bonchev–Trinajstić information content (AvgIpc) is 3.42. The van der Waals surface area contributed by atoms with Gasteiger partial charge in [0.1, 0.15) is 17.2 Å². The molecule has 1 saturated carbocycles. The highest BCUT2D eigenvalue weighted by Gasteiger charge is 2.30. The van der Waals surface area contributed by atoms with Crippen molar-refractivity contribution in [2.24, 2.45) is 0 Å². The fourth-order valence-corrected chi connectivity index (χ4v) is 3.42. The van der Waals surface area contributed by atoms with Gasteiger partial charge in [0.15, 0.2) is 0 Å². The maximum absolute atomic E-state index is 14.9. The van der Waals surface area contributed by atoms with Crippen LogP contribution >= 0.6 is 0 Å². The van der Waals surface area contributed by atoms with E-state index < -0.39 is 17.3 Å². The summed E-state index contributed by atoms with van der Waals surface area (Å²) in [5, 5.41) is 9.32. The van der Waals surface area contributed by atoms with Gasteiger partial charge in [-0.05, 0) is 55.0 Å². The van der Waals surface area contributed by atoms with E-state index in [-0.39, 0.29) is 11.5 Å². The van der Waals surface area contributed by atoms with E-state index in [1.165, 1.54) is 12.3 Å². The number of rotatable bonds is 3. The second-order valence-corrected chi connectivity index (χ2v) is 6.57. The quantitative estimate of drug-likeness (QED) is 0.754. The minimum Gasteiger partial charge on any atom is -0.477 e. The Bertz CT molecular complexity index is 1120. The number of aromatic carboxylic acids is 1. The maximum Gasteiger partial charge on any atom is 0.341 e. The summed E-state index contributed by atoms with van der Waals surface area (Å²) < 4.78 is 16.0. The first-order chi connectivity index (χ1) is 12.4. The van der Waals surface area contributed by atoms with Crippen molar-refractivity contribution in [3.8, 4) is 11.1 Å². The SMILES string of the molecule is Cc1c(-c2ccc(N)nc2)c(F)cn2c(=O)c(C(=O)O)cc(C3CC3)c12. The van der Waals surface area contributed by atoms with Crippen LogP contribution in [0.5, 0.6) is 0 Å². The third-order valence-electron chi connectivity index (χ3n) is 4.80. The van der Waals surface area contributed by atoms with Crippen molar-refractivity contribution in [3.05, 3.63) is 63.5 Å². The number of fused-ring (bicyclic) bond motifs is 1. The van der Waals surface area contributed by atoms with Crippen LogP contribution in [0, 0.1) is 12.7 Å². The number of nitrogens with two attached hydrogens (primary N) is 1. The van der Waals surface area contributed by atoms with E-state index >= 15 is 0 Å². The minimum atomic E-state index is -1.31. The molecule has 0 spiro atoms. The average molecular weight is 353 g/mol. The number of carboxylic acids is 1. The number of nitrogens with zero attached hydrogens (tertiary/aromatic N) is 2. The lowest BCUT2D eigenvalue weighted by molar-refractivity contribution is 0.0694. The molecular formula is C19H16FN3O3. The van der Waals surface area contributed by atoms with Crippen molar-refractivity contribution in [2.75, 3.05) is 5.73 Å². The molecule has 6 nitrogen and oxygen atoms in total. The summed E-state index contributed by atoms with van der Waals surface area (Å²) >= 11 is 0. The Balaban J connectivity index is 2.10. The number of hydrogen-bond acceptors (Lipinski definition) is 4. The maximum atomic E-state index is 14.9. The number of pyridine rings is 3. The highest BCUT2D eigenvalue weighted by molar-refractivity contribution is 5.89. The predicted octanol–water partition coefficient (Wildman–Crippen LogP) is 2.97. The highest BCUT2D eigenvalue weighted by Crippen LogP contribution is 2.43. The Hall–Kier alpha value is -3.22. The third kappa shape index (κ3) is 2.44. The molecule has 1 aliphatic carbocycles. The number of aromatic nitrogens is 2. The van der Waals surface area contributed by atoms with E-state index in [9.17, 15) is 19.1 Å². The van der Waals surface area contributed by atoms with E-state index in [2.05, 4.69) is 4.98 Å². The Morgan fingerprint density at radius 3 is 2.69 bits per heavy atom. The predicted molar refractivity (Wildman–Crippen MR) is 94.9 cm³/mol. The topological polar surface area (TPSA) is 97.7 Å². The lowest BCUT2D eigenvalue weighted by Gasteiger charge is -2.16. The molecule has 132 valence electrons. The summed E-state index contributed by atoms with van der Waals surface area (Å²) in [7, 11) is 0. The Morgan fingerprint density at radius 1 is 1.38 bits per heavy atom. The number of nitrogen functional groups attached to an aromatic ring is 1. The molecule has 0 bridgehead atoms. The van der Waals surface area contributed by atoms with Crippen LogP contribution in [0.3, 0.4) is 0 Å². The standard InChI is InChI=1S/C19H16FN3O3/c1-9-16(11-4-5-15(21)22-7-11)14(20)8-23-17(9)12(10-2-3-10)6-13(18(23)24)19(25)26/h4-8,10H,2-3H2,1H3,(H2,21,22)(H,25,26). The fourth-order valence-electron chi connectivity index (χ4n) is 3.42. The Labute approximate surface area is 147 Å². The molecule has 1 fully saturated rings. The molecule has 7 heteroatoms. The van der Waals surface area contributed by atoms with Crippen LogP contribution in [0.25, 0.3) is 16.6 Å². The number of aryl methyl sites for hydroxylation is 1. The second kappa shape index (κ2) is 5.66. The van der Waals surface area contributed by atoms with E-state index in [1.807, 2.05) is 0 Å². The summed E-state index contributed by atoms with van der Waals surface area (Å²) in [6, 6.07) is 4.69. The number of carboxylic acid groups (broad SMARTS) is 1. The number of anilines is 1. The zero-order valence-electron chi connectivity index (χ0n) is 14.0. The van der Waals surface area contributed by atoms with E-state index in [0.29, 0.717) is 28.0 Å². The molecule has 0 aromatic carbocycles. The molecule has 3 heterocycles. The van der Waals surface area contributed by atoms with Crippen LogP contribution in [-0.4, -0.2) is 20.5 Å². The number of hydrogen-bond donors (Lipinski definition) is 2. The van der Waals surface area contributed by atoms with Crippen molar-refractivity contribution >= 4 is 17.3 Å². The molecule has 4 rings (SSSR count). The Kier molecular flexibility index (Phi) is 3.54. The summed E-state index contributed by atoms with van der Waals surface area (Å²) in [4.78, 5) is 28.0. The van der Waals surface area contributed by atoms with Crippen LogP contribution < -0.4 is 11.3 Å². The fraction of sp³-hybridized carbons (Fsp3) is 0.211. The molecule has 0 atom stereocenters. The van der Waals surface area contributed by atoms with Crippen molar-refractivity contribution in [1.29, 1.82) is 0 Å². The molecule has 3 aromatic rings. The molecule has 3 aromatic heterocycles. The van der Waals surface area contributed by atoms with Gasteiger partial charge < -0.3 is 10.8 Å². The van der Waals surface area contributed by atoms with E-state index in [4.69, 9.17) is 5.73 Å². The first-order valence-electron chi connectivity index (χ1n) is 8.22. The molecule has 0 radical (unpaired) electrons. The minimum absolute atomic E-state index is 0.185. The monoisotopic (exact) mass is 353 g/mol. The van der Waals surface area contributed by atoms with Gasteiger partial charge in [0, 0.05) is 23.5 Å². The molecule has 0 aliphatic heterocycles. The van der Waals surface area contributed by atoms with Gasteiger partial charge >= 0.3 is 5.97 Å². The summed E-state index contributed by atoms with van der Waals surface area (Å²) in [5.41, 5.74) is 7.32. The molecule has 0 unspecified atom stereocenters. The van der Waals surface area contributed by atoms with Crippen molar-refractivity contribution in [1.82, 2.24) is 9.38 Å². The molecule has 26 heavy (non-hydrogen) atoms. The van der Waals surface area contributed by atoms with Crippen LogP contribution in [0.15, 0.2) is 35.4 Å². The normalized spacial score (nSPS) is 13.9. The van der Waals surface area contributed by atoms with Crippen LogP contribution in [0.1, 0.15) is 40.2 Å². The summed E-state index contributed by atoms with van der Waals surface area (Å²) in [6.45, 7) is 1.73. The summed E-state index contributed by atoms with van der Waals surface area (Å²) in [5.74, 6) is -1.41. The Morgan fingerprint density at radius 2 is 2.12 bits per heavy atom. The van der Waals surface area contributed by atoms with Gasteiger partial charge in [-0.2, -0.15) is 0 Å². The van der Waals surface area contributed by atoms with Crippen LogP contribution in [0.4, 0.5) is 10.2 Å². The van der Waals surface area contributed by atoms with Crippen molar-refractivity contribution < 1.29 is 14.3 Å². The van der Waals surface area contributed by atoms with Gasteiger partial charge in [-0.3, -0.25) is 9.20 Å². The third-order valence-corrected chi connectivity index (χ3v) is 4.80. The molecule has 1 aliphatic rings. The second-order valence-electron chi connectivity index (χ2n) is 6.57. The van der Waals surface area contributed by atoms with Gasteiger partial charge in [0.2, 0.25) is 0 Å². The first-order valence-corrected chi connectivity index (χ1v) is 8.22. The lowest BCUT2D eigenvalue weighted by atomic mass is 9.97. The van der Waals surface area contributed by atoms with Crippen molar-refractivity contribution in [3.63, 3.8) is 0 Å². The van der Waals surface area contributed by atoms with Gasteiger partial charge in [-0.25, -0.2) is 14.2 Å². The van der Waals surface area contributed by atoms with Gasteiger partial charge in [0.25, 0.3) is 5.56 Å². The molecule has 3 N–H and O–H groups in total. The zero-order chi connectivity index (χ0) is 18.6. The highest BCUT2D eigenvalue weighted by atomic mass is 19.1. The molecule has 0 saturated heterocycles.